The van der Waals surface area contributed by atoms with E-state index in [0.29, 0.717) is 18.4 Å². The van der Waals surface area contributed by atoms with Gasteiger partial charge in [0.25, 0.3) is 6.08 Å². The fraction of sp³-hybridized carbons (Fsp3) is 0.667. The molecule has 0 radical (unpaired) electrons. The lowest BCUT2D eigenvalue weighted by atomic mass is 9.71. The zero-order chi connectivity index (χ0) is 23.0. The molecule has 1 nitrogen and oxygen atoms in total. The molecule has 2 saturated carbocycles. The third-order valence-electron chi connectivity index (χ3n) is 8.71. The summed E-state index contributed by atoms with van der Waals surface area (Å²) in [4.78, 5) is 0. The predicted octanol–water partition coefficient (Wildman–Crippen LogP) is 8.85. The molecule has 2 aliphatic carbocycles. The Kier molecular flexibility index (Phi) is 9.18. The Morgan fingerprint density at radius 3 is 2.12 bits per heavy atom. The summed E-state index contributed by atoms with van der Waals surface area (Å²) in [5, 5.41) is 0. The maximum absolute atomic E-state index is 12.3. The molecule has 0 N–H and O–H groups in total. The molecule has 1 saturated heterocycles. The molecular weight excluding hydrogens is 414 g/mol. The molecule has 1 aliphatic heterocycles. The first-order valence-corrected chi connectivity index (χ1v) is 13.5. The summed E-state index contributed by atoms with van der Waals surface area (Å²) in [6, 6.07) is 8.35. The van der Waals surface area contributed by atoms with Gasteiger partial charge >= 0.3 is 0 Å². The van der Waals surface area contributed by atoms with Crippen LogP contribution >= 0.6 is 0 Å². The molecule has 0 amide bonds. The van der Waals surface area contributed by atoms with Crippen molar-refractivity contribution in [3.63, 3.8) is 0 Å². The van der Waals surface area contributed by atoms with Gasteiger partial charge in [0.05, 0.1) is 12.7 Å². The summed E-state index contributed by atoms with van der Waals surface area (Å²) < 4.78 is 31.1. The van der Waals surface area contributed by atoms with E-state index in [-0.39, 0.29) is 0 Å². The SMILES string of the molecule is CC/C=C/C1CCC(C2CCC(C3CCC(c4ccc(CC=C(F)F)cc4)CC3)CO2)CC1. The van der Waals surface area contributed by atoms with Gasteiger partial charge in [0, 0.05) is 0 Å². The second-order valence-corrected chi connectivity index (χ2v) is 10.8. The summed E-state index contributed by atoms with van der Waals surface area (Å²) in [6.45, 7) is 3.20. The van der Waals surface area contributed by atoms with Crippen molar-refractivity contribution in [2.45, 2.75) is 96.0 Å². The zero-order valence-electron chi connectivity index (χ0n) is 20.4. The van der Waals surface area contributed by atoms with Gasteiger partial charge in [-0.25, -0.2) is 0 Å². The molecule has 33 heavy (non-hydrogen) atoms. The Balaban J connectivity index is 1.18. The van der Waals surface area contributed by atoms with Crippen molar-refractivity contribution < 1.29 is 13.5 Å². The third-order valence-corrected chi connectivity index (χ3v) is 8.71. The van der Waals surface area contributed by atoms with E-state index in [1.165, 1.54) is 69.8 Å². The van der Waals surface area contributed by atoms with Crippen LogP contribution in [-0.4, -0.2) is 12.7 Å². The highest BCUT2D eigenvalue weighted by atomic mass is 19.3. The average Bonchev–Trinajstić information content (AvgIpc) is 2.87. The summed E-state index contributed by atoms with van der Waals surface area (Å²) in [5.74, 6) is 3.77. The topological polar surface area (TPSA) is 9.23 Å². The van der Waals surface area contributed by atoms with Gasteiger partial charge in [0.15, 0.2) is 0 Å². The first kappa shape index (κ1) is 24.6. The van der Waals surface area contributed by atoms with Gasteiger partial charge < -0.3 is 4.74 Å². The number of benzene rings is 1. The smallest absolute Gasteiger partial charge is 0.266 e. The van der Waals surface area contributed by atoms with E-state index < -0.39 is 6.08 Å². The maximum atomic E-state index is 12.3. The van der Waals surface area contributed by atoms with Crippen LogP contribution in [-0.2, 0) is 11.2 Å². The number of halogens is 2. The van der Waals surface area contributed by atoms with Crippen molar-refractivity contribution in [1.29, 1.82) is 0 Å². The number of rotatable bonds is 7. The lowest BCUT2D eigenvalue weighted by Crippen LogP contribution is -2.37. The summed E-state index contributed by atoms with van der Waals surface area (Å²) in [6.07, 6.45) is 19.3. The van der Waals surface area contributed by atoms with Crippen LogP contribution in [0.2, 0.25) is 0 Å². The van der Waals surface area contributed by atoms with Gasteiger partial charge in [-0.05, 0) is 124 Å². The monoisotopic (exact) mass is 456 g/mol. The van der Waals surface area contributed by atoms with Gasteiger partial charge in [-0.2, -0.15) is 8.78 Å². The lowest BCUT2D eigenvalue weighted by molar-refractivity contribution is -0.0721. The van der Waals surface area contributed by atoms with E-state index in [1.807, 2.05) is 12.1 Å². The molecule has 0 aromatic heterocycles. The van der Waals surface area contributed by atoms with Crippen molar-refractivity contribution >= 4 is 0 Å². The molecular formula is C30H42F2O. The summed E-state index contributed by atoms with van der Waals surface area (Å²) in [5.41, 5.74) is 2.34. The van der Waals surface area contributed by atoms with Crippen LogP contribution in [0.1, 0.15) is 94.6 Å². The van der Waals surface area contributed by atoms with Crippen molar-refractivity contribution in [2.24, 2.45) is 23.7 Å². The van der Waals surface area contributed by atoms with Crippen molar-refractivity contribution in [3.8, 4) is 0 Å². The quantitative estimate of drug-likeness (QED) is 0.372. The van der Waals surface area contributed by atoms with Crippen molar-refractivity contribution in [2.75, 3.05) is 6.61 Å². The fourth-order valence-corrected chi connectivity index (χ4v) is 6.62. The van der Waals surface area contributed by atoms with E-state index in [2.05, 4.69) is 31.2 Å². The van der Waals surface area contributed by atoms with E-state index in [1.54, 1.807) is 0 Å². The van der Waals surface area contributed by atoms with Gasteiger partial charge in [0.1, 0.15) is 0 Å². The third kappa shape index (κ3) is 7.01. The maximum Gasteiger partial charge on any atom is 0.266 e. The van der Waals surface area contributed by atoms with Crippen LogP contribution in [0.15, 0.2) is 48.6 Å². The second-order valence-electron chi connectivity index (χ2n) is 10.8. The molecule has 182 valence electrons. The Morgan fingerprint density at radius 1 is 0.848 bits per heavy atom. The molecule has 4 rings (SSSR count). The molecule has 1 aromatic rings. The average molecular weight is 457 g/mol. The minimum absolute atomic E-state index is 0.315. The molecule has 3 heteroatoms. The molecule has 0 spiro atoms. The number of ether oxygens (including phenoxy) is 1. The first-order valence-electron chi connectivity index (χ1n) is 13.5. The Bertz CT molecular complexity index is 755. The zero-order valence-corrected chi connectivity index (χ0v) is 20.4. The van der Waals surface area contributed by atoms with Gasteiger partial charge in [0.2, 0.25) is 0 Å². The first-order chi connectivity index (χ1) is 16.1. The molecule has 0 bridgehead atoms. The Morgan fingerprint density at radius 2 is 1.52 bits per heavy atom. The molecule has 3 aliphatic rings. The Labute approximate surface area is 199 Å². The highest BCUT2D eigenvalue weighted by molar-refractivity contribution is 5.27. The molecule has 3 fully saturated rings. The van der Waals surface area contributed by atoms with Crippen LogP contribution in [0, 0.1) is 23.7 Å². The minimum Gasteiger partial charge on any atom is -0.378 e. The fourth-order valence-electron chi connectivity index (χ4n) is 6.62. The number of hydrogen-bond donors (Lipinski definition) is 0. The number of hydrogen-bond acceptors (Lipinski definition) is 1. The Hall–Kier alpha value is -1.48. The number of allylic oxidation sites excluding steroid dienone is 3. The predicted molar refractivity (Wildman–Crippen MR) is 132 cm³/mol. The van der Waals surface area contributed by atoms with Crippen LogP contribution in [0.3, 0.4) is 0 Å². The lowest BCUT2D eigenvalue weighted by Gasteiger charge is -2.41. The van der Waals surface area contributed by atoms with Crippen molar-refractivity contribution in [3.05, 3.63) is 59.7 Å². The van der Waals surface area contributed by atoms with Gasteiger partial charge in [-0.1, -0.05) is 43.3 Å². The molecule has 2 atom stereocenters. The van der Waals surface area contributed by atoms with Crippen LogP contribution in [0.5, 0.6) is 0 Å². The van der Waals surface area contributed by atoms with Gasteiger partial charge in [-0.3, -0.25) is 0 Å². The minimum atomic E-state index is -1.59. The standard InChI is InChI=1S/C30H42F2O/c1-2-3-4-22-7-12-27(13-8-22)29-19-18-28(21-33-29)26-16-14-25(15-17-26)24-10-5-23(6-11-24)9-20-30(31)32/h3-6,10-11,20,22,25-29H,2,7-9,12-19,21H2,1H3/b4-3+. The highest BCUT2D eigenvalue weighted by Crippen LogP contribution is 2.43. The van der Waals surface area contributed by atoms with Crippen LogP contribution in [0.25, 0.3) is 0 Å². The molecule has 1 aromatic carbocycles. The summed E-state index contributed by atoms with van der Waals surface area (Å²) >= 11 is 0. The largest absolute Gasteiger partial charge is 0.378 e. The van der Waals surface area contributed by atoms with Crippen LogP contribution < -0.4 is 0 Å². The molecule has 1 heterocycles. The van der Waals surface area contributed by atoms with E-state index in [4.69, 9.17) is 4.74 Å². The van der Waals surface area contributed by atoms with E-state index in [9.17, 15) is 8.78 Å². The molecule has 2 unspecified atom stereocenters. The normalized spacial score (nSPS) is 33.2. The van der Waals surface area contributed by atoms with Crippen LogP contribution in [0.4, 0.5) is 8.78 Å². The van der Waals surface area contributed by atoms with Crippen molar-refractivity contribution in [1.82, 2.24) is 0 Å². The second kappa shape index (κ2) is 12.3. The van der Waals surface area contributed by atoms with E-state index in [0.717, 1.165) is 48.3 Å². The van der Waals surface area contributed by atoms with E-state index >= 15 is 0 Å². The van der Waals surface area contributed by atoms with Gasteiger partial charge in [-0.15, -0.1) is 0 Å². The summed E-state index contributed by atoms with van der Waals surface area (Å²) in [7, 11) is 0. The highest BCUT2D eigenvalue weighted by Gasteiger charge is 2.35.